The van der Waals surface area contributed by atoms with Crippen molar-refractivity contribution in [1.82, 2.24) is 4.68 Å². The predicted octanol–water partition coefficient (Wildman–Crippen LogP) is 5.55. The maximum atomic E-state index is 6.37. The minimum Gasteiger partial charge on any atom is -0.261 e. The van der Waals surface area contributed by atoms with E-state index in [1.807, 2.05) is 23.7 Å². The molecule has 0 aliphatic carbocycles. The summed E-state index contributed by atoms with van der Waals surface area (Å²) in [7, 11) is 1.75. The fourth-order valence-corrected chi connectivity index (χ4v) is 3.84. The fourth-order valence-electron chi connectivity index (χ4n) is 2.54. The van der Waals surface area contributed by atoms with Crippen LogP contribution in [0.1, 0.15) is 16.7 Å². The molecule has 0 aliphatic heterocycles. The maximum absolute atomic E-state index is 6.37. The van der Waals surface area contributed by atoms with Gasteiger partial charge in [-0.05, 0) is 43.2 Å². The highest BCUT2D eigenvalue weighted by Crippen LogP contribution is 2.30. The van der Waals surface area contributed by atoms with Gasteiger partial charge in [0, 0.05) is 23.0 Å². The van der Waals surface area contributed by atoms with Gasteiger partial charge in [-0.1, -0.05) is 47.0 Å². The molecule has 0 amide bonds. The molecular formula is C19H17Cl2N3S. The highest BCUT2D eigenvalue weighted by atomic mass is 35.5. The number of hydrogen-bond acceptors (Lipinski definition) is 3. The number of benzene rings is 2. The van der Waals surface area contributed by atoms with Crippen LogP contribution in [0.25, 0.3) is 11.3 Å². The predicted molar refractivity (Wildman–Crippen MR) is 108 cm³/mol. The monoisotopic (exact) mass is 389 g/mol. The molecule has 0 bridgehead atoms. The highest BCUT2D eigenvalue weighted by Gasteiger charge is 2.11. The van der Waals surface area contributed by atoms with E-state index >= 15 is 0 Å². The maximum Gasteiger partial charge on any atom is 0.205 e. The number of rotatable bonds is 3. The van der Waals surface area contributed by atoms with Crippen molar-refractivity contribution in [3.05, 3.63) is 73.3 Å². The standard InChI is InChI=1S/C19H17Cl2N3S/c1-12-4-5-14(13(2)8-12)10-23-24-18(11-25-19(24)22-3)16-7-6-15(20)9-17(16)21/h4-11H,1-3H3/b22-19?,23-10-. The van der Waals surface area contributed by atoms with Crippen LogP contribution in [0.2, 0.25) is 10.0 Å². The zero-order chi connectivity index (χ0) is 18.0. The van der Waals surface area contributed by atoms with Crippen molar-refractivity contribution in [2.75, 3.05) is 7.05 Å². The number of halogens is 2. The van der Waals surface area contributed by atoms with Crippen molar-refractivity contribution >= 4 is 40.8 Å². The first-order valence-corrected chi connectivity index (χ1v) is 9.33. The highest BCUT2D eigenvalue weighted by molar-refractivity contribution is 7.07. The molecule has 2 aromatic carbocycles. The third-order valence-electron chi connectivity index (χ3n) is 3.82. The first kappa shape index (κ1) is 17.9. The summed E-state index contributed by atoms with van der Waals surface area (Å²) in [4.78, 5) is 5.10. The summed E-state index contributed by atoms with van der Waals surface area (Å²) in [6.45, 7) is 4.16. The molecule has 25 heavy (non-hydrogen) atoms. The number of aryl methyl sites for hydroxylation is 2. The lowest BCUT2D eigenvalue weighted by Gasteiger charge is -2.07. The van der Waals surface area contributed by atoms with Crippen molar-refractivity contribution in [2.45, 2.75) is 13.8 Å². The molecule has 1 aromatic heterocycles. The Labute approximate surface area is 160 Å². The molecule has 128 valence electrons. The quantitative estimate of drug-likeness (QED) is 0.525. The molecule has 0 radical (unpaired) electrons. The van der Waals surface area contributed by atoms with E-state index in [4.69, 9.17) is 23.2 Å². The lowest BCUT2D eigenvalue weighted by atomic mass is 10.1. The molecule has 3 nitrogen and oxygen atoms in total. The molecule has 0 atom stereocenters. The first-order valence-electron chi connectivity index (χ1n) is 7.70. The van der Waals surface area contributed by atoms with Gasteiger partial charge in [-0.15, -0.1) is 11.3 Å². The van der Waals surface area contributed by atoms with Crippen LogP contribution in [-0.2, 0) is 0 Å². The van der Waals surface area contributed by atoms with Gasteiger partial charge in [-0.3, -0.25) is 4.99 Å². The first-order chi connectivity index (χ1) is 12.0. The summed E-state index contributed by atoms with van der Waals surface area (Å²) in [5.41, 5.74) is 5.24. The molecule has 0 N–H and O–H groups in total. The van der Waals surface area contributed by atoms with Gasteiger partial charge in [0.15, 0.2) is 0 Å². The van der Waals surface area contributed by atoms with Crippen LogP contribution in [0.15, 0.2) is 51.9 Å². The van der Waals surface area contributed by atoms with Gasteiger partial charge in [0.25, 0.3) is 0 Å². The van der Waals surface area contributed by atoms with E-state index in [2.05, 4.69) is 42.1 Å². The van der Waals surface area contributed by atoms with Crippen LogP contribution in [0, 0.1) is 13.8 Å². The Kier molecular flexibility index (Phi) is 5.42. The van der Waals surface area contributed by atoms with Crippen molar-refractivity contribution in [3.8, 4) is 11.3 Å². The van der Waals surface area contributed by atoms with E-state index in [9.17, 15) is 0 Å². The number of thiazole rings is 1. The summed E-state index contributed by atoms with van der Waals surface area (Å²) in [5, 5.41) is 7.84. The van der Waals surface area contributed by atoms with Gasteiger partial charge >= 0.3 is 0 Å². The fraction of sp³-hybridized carbons (Fsp3) is 0.158. The van der Waals surface area contributed by atoms with E-state index in [0.29, 0.717) is 10.0 Å². The van der Waals surface area contributed by atoms with Crippen LogP contribution in [0.3, 0.4) is 0 Å². The molecule has 3 aromatic rings. The Hall–Kier alpha value is -1.88. The van der Waals surface area contributed by atoms with E-state index < -0.39 is 0 Å². The average Bonchev–Trinajstić information content (AvgIpc) is 2.97. The van der Waals surface area contributed by atoms with Gasteiger partial charge in [-0.25, -0.2) is 4.68 Å². The summed E-state index contributed by atoms with van der Waals surface area (Å²) in [5.74, 6) is 0. The topological polar surface area (TPSA) is 29.6 Å². The number of aromatic nitrogens is 1. The molecule has 0 saturated heterocycles. The van der Waals surface area contributed by atoms with Crippen molar-refractivity contribution in [1.29, 1.82) is 0 Å². The second kappa shape index (κ2) is 7.56. The largest absolute Gasteiger partial charge is 0.261 e. The molecule has 0 aliphatic rings. The number of nitrogens with zero attached hydrogens (tertiary/aromatic N) is 3. The van der Waals surface area contributed by atoms with E-state index in [0.717, 1.165) is 21.6 Å². The molecular weight excluding hydrogens is 373 g/mol. The van der Waals surface area contributed by atoms with Crippen LogP contribution < -0.4 is 4.80 Å². The Bertz CT molecular complexity index is 1020. The SMILES string of the molecule is CN=c1scc(-c2ccc(Cl)cc2Cl)n1/N=C\c1ccc(C)cc1C. The van der Waals surface area contributed by atoms with Crippen LogP contribution in [0.4, 0.5) is 0 Å². The van der Waals surface area contributed by atoms with Gasteiger partial charge in [0.05, 0.1) is 16.9 Å². The van der Waals surface area contributed by atoms with Crippen LogP contribution >= 0.6 is 34.5 Å². The molecule has 0 saturated carbocycles. The average molecular weight is 390 g/mol. The third kappa shape index (κ3) is 3.87. The zero-order valence-corrected chi connectivity index (χ0v) is 16.5. The Morgan fingerprint density at radius 2 is 1.88 bits per heavy atom. The molecule has 6 heteroatoms. The smallest absolute Gasteiger partial charge is 0.205 e. The summed E-state index contributed by atoms with van der Waals surface area (Å²) in [6.07, 6.45) is 1.85. The second-order valence-electron chi connectivity index (χ2n) is 5.67. The normalized spacial score (nSPS) is 12.3. The Balaban J connectivity index is 2.10. The third-order valence-corrected chi connectivity index (χ3v) is 5.28. The van der Waals surface area contributed by atoms with Crippen LogP contribution in [0.5, 0.6) is 0 Å². The van der Waals surface area contributed by atoms with Crippen molar-refractivity contribution < 1.29 is 0 Å². The minimum atomic E-state index is 0.586. The van der Waals surface area contributed by atoms with Crippen molar-refractivity contribution in [2.24, 2.45) is 10.1 Å². The van der Waals surface area contributed by atoms with E-state index in [-0.39, 0.29) is 0 Å². The summed E-state index contributed by atoms with van der Waals surface area (Å²) < 4.78 is 1.80. The van der Waals surface area contributed by atoms with Gasteiger partial charge < -0.3 is 0 Å². The molecule has 0 fully saturated rings. The minimum absolute atomic E-state index is 0.586. The van der Waals surface area contributed by atoms with Gasteiger partial charge in [0.2, 0.25) is 4.80 Å². The summed E-state index contributed by atoms with van der Waals surface area (Å²) >= 11 is 13.9. The van der Waals surface area contributed by atoms with E-state index in [1.165, 1.54) is 22.5 Å². The molecule has 0 spiro atoms. The second-order valence-corrected chi connectivity index (χ2v) is 7.35. The van der Waals surface area contributed by atoms with Gasteiger partial charge in [0.1, 0.15) is 0 Å². The summed E-state index contributed by atoms with van der Waals surface area (Å²) in [6, 6.07) is 11.7. The molecule has 1 heterocycles. The van der Waals surface area contributed by atoms with Crippen molar-refractivity contribution in [3.63, 3.8) is 0 Å². The Morgan fingerprint density at radius 3 is 2.56 bits per heavy atom. The van der Waals surface area contributed by atoms with Crippen LogP contribution in [-0.4, -0.2) is 17.9 Å². The lowest BCUT2D eigenvalue weighted by molar-refractivity contribution is 0.848. The number of hydrogen-bond donors (Lipinski definition) is 0. The molecule has 3 rings (SSSR count). The zero-order valence-electron chi connectivity index (χ0n) is 14.1. The molecule has 0 unspecified atom stereocenters. The Morgan fingerprint density at radius 1 is 1.08 bits per heavy atom. The van der Waals surface area contributed by atoms with Gasteiger partial charge in [-0.2, -0.15) is 5.10 Å². The lowest BCUT2D eigenvalue weighted by Crippen LogP contribution is -2.11. The van der Waals surface area contributed by atoms with E-state index in [1.54, 1.807) is 17.8 Å².